The Morgan fingerprint density at radius 2 is 2.09 bits per heavy atom. The Kier molecular flexibility index (Phi) is 4.69. The third-order valence-electron chi connectivity index (χ3n) is 4.46. The van der Waals surface area contributed by atoms with Gasteiger partial charge >= 0.3 is 0 Å². The largest absolute Gasteiger partial charge is 0.458 e. The van der Waals surface area contributed by atoms with E-state index in [-0.39, 0.29) is 30.0 Å². The number of ether oxygens (including phenoxy) is 1. The van der Waals surface area contributed by atoms with E-state index in [0.29, 0.717) is 15.6 Å². The standard InChI is InChI=1S/C16H18Cl2N4O/c1-2-3-12-14-13(8-4-5-10(17)11(18)6-8)9(7-19)15(20)23-16(14)22-21-12/h4-6,12-14,16,21-22H,2-3,20H2,1H3. The van der Waals surface area contributed by atoms with Gasteiger partial charge in [0.1, 0.15) is 6.07 Å². The number of hydrogen-bond acceptors (Lipinski definition) is 5. The fourth-order valence-electron chi connectivity index (χ4n) is 3.45. The van der Waals surface area contributed by atoms with Crippen molar-refractivity contribution >= 4 is 23.2 Å². The predicted octanol–water partition coefficient (Wildman–Crippen LogP) is 3.02. The van der Waals surface area contributed by atoms with Gasteiger partial charge in [-0.3, -0.25) is 5.43 Å². The monoisotopic (exact) mass is 352 g/mol. The van der Waals surface area contributed by atoms with E-state index in [1.54, 1.807) is 6.07 Å². The molecule has 4 atom stereocenters. The Hall–Kier alpha value is -1.45. The van der Waals surface area contributed by atoms with Gasteiger partial charge in [-0.05, 0) is 24.1 Å². The first kappa shape index (κ1) is 16.4. The van der Waals surface area contributed by atoms with Crippen molar-refractivity contribution in [3.05, 3.63) is 45.3 Å². The molecular weight excluding hydrogens is 335 g/mol. The summed E-state index contributed by atoms with van der Waals surface area (Å²) < 4.78 is 5.70. The molecule has 1 aromatic rings. The van der Waals surface area contributed by atoms with Gasteiger partial charge in [-0.1, -0.05) is 42.6 Å². The smallest absolute Gasteiger partial charge is 0.200 e. The highest BCUT2D eigenvalue weighted by molar-refractivity contribution is 6.42. The quantitative estimate of drug-likeness (QED) is 0.778. The fraction of sp³-hybridized carbons (Fsp3) is 0.438. The minimum atomic E-state index is -0.275. The molecule has 0 spiro atoms. The third-order valence-corrected chi connectivity index (χ3v) is 5.20. The molecule has 1 saturated heterocycles. The number of nitrogens with two attached hydrogens (primary N) is 1. The molecule has 2 aliphatic heterocycles. The molecule has 2 heterocycles. The number of rotatable bonds is 3. The van der Waals surface area contributed by atoms with Gasteiger partial charge in [-0.2, -0.15) is 5.26 Å². The van der Waals surface area contributed by atoms with Crippen LogP contribution in [0.5, 0.6) is 0 Å². The van der Waals surface area contributed by atoms with Crippen LogP contribution in [0.4, 0.5) is 0 Å². The number of nitrogens with one attached hydrogen (secondary N) is 2. The van der Waals surface area contributed by atoms with Crippen LogP contribution in [0.25, 0.3) is 0 Å². The molecule has 0 bridgehead atoms. The van der Waals surface area contributed by atoms with E-state index in [1.165, 1.54) is 0 Å². The van der Waals surface area contributed by atoms with Gasteiger partial charge in [-0.25, -0.2) is 5.43 Å². The number of nitriles is 1. The molecule has 7 heteroatoms. The minimum Gasteiger partial charge on any atom is -0.458 e. The first-order chi connectivity index (χ1) is 11.1. The van der Waals surface area contributed by atoms with Crippen molar-refractivity contribution in [1.29, 1.82) is 5.26 Å². The Labute approximate surface area is 145 Å². The van der Waals surface area contributed by atoms with E-state index in [1.807, 2.05) is 12.1 Å². The summed E-state index contributed by atoms with van der Waals surface area (Å²) in [7, 11) is 0. The zero-order valence-corrected chi connectivity index (χ0v) is 14.2. The van der Waals surface area contributed by atoms with Crippen molar-refractivity contribution in [3.8, 4) is 6.07 Å². The number of allylic oxidation sites excluding steroid dienone is 1. The summed E-state index contributed by atoms with van der Waals surface area (Å²) >= 11 is 12.2. The van der Waals surface area contributed by atoms with E-state index in [2.05, 4.69) is 23.8 Å². The van der Waals surface area contributed by atoms with Gasteiger partial charge in [0.15, 0.2) is 6.23 Å². The molecule has 1 aromatic carbocycles. The number of hydrogen-bond donors (Lipinski definition) is 3. The number of nitrogens with zero attached hydrogens (tertiary/aromatic N) is 1. The summed E-state index contributed by atoms with van der Waals surface area (Å²) in [5.74, 6) is 0.0259. The molecular formula is C16H18Cl2N4O. The first-order valence-corrected chi connectivity index (χ1v) is 8.34. The lowest BCUT2D eigenvalue weighted by Crippen LogP contribution is -2.41. The number of fused-ring (bicyclic) bond motifs is 1. The van der Waals surface area contributed by atoms with Crippen molar-refractivity contribution in [2.24, 2.45) is 11.7 Å². The summed E-state index contributed by atoms with van der Waals surface area (Å²) in [6, 6.07) is 7.84. The topological polar surface area (TPSA) is 83.1 Å². The Balaban J connectivity index is 2.08. The van der Waals surface area contributed by atoms with E-state index >= 15 is 0 Å². The molecule has 4 unspecified atom stereocenters. The van der Waals surface area contributed by atoms with Crippen LogP contribution in [0.15, 0.2) is 29.7 Å². The molecule has 2 aliphatic rings. The Morgan fingerprint density at radius 3 is 2.74 bits per heavy atom. The molecule has 4 N–H and O–H groups in total. The van der Waals surface area contributed by atoms with Crippen LogP contribution >= 0.6 is 23.2 Å². The third kappa shape index (κ3) is 2.88. The van der Waals surface area contributed by atoms with Gasteiger partial charge in [0.05, 0.1) is 15.6 Å². The van der Waals surface area contributed by atoms with Crippen molar-refractivity contribution < 1.29 is 4.74 Å². The molecule has 3 rings (SSSR count). The van der Waals surface area contributed by atoms with Crippen LogP contribution in [-0.2, 0) is 4.74 Å². The maximum atomic E-state index is 9.59. The van der Waals surface area contributed by atoms with Gasteiger partial charge in [0.25, 0.3) is 0 Å². The summed E-state index contributed by atoms with van der Waals surface area (Å²) in [5, 5.41) is 10.5. The average Bonchev–Trinajstić information content (AvgIpc) is 2.91. The van der Waals surface area contributed by atoms with Crippen LogP contribution in [0.3, 0.4) is 0 Å². The molecule has 0 aliphatic carbocycles. The van der Waals surface area contributed by atoms with Gasteiger partial charge in [0.2, 0.25) is 5.88 Å². The molecule has 0 radical (unpaired) electrons. The molecule has 0 amide bonds. The lowest BCUT2D eigenvalue weighted by atomic mass is 9.75. The zero-order valence-electron chi connectivity index (χ0n) is 12.6. The van der Waals surface area contributed by atoms with E-state index in [4.69, 9.17) is 33.7 Å². The average molecular weight is 353 g/mol. The van der Waals surface area contributed by atoms with Gasteiger partial charge in [0, 0.05) is 17.9 Å². The summed E-state index contributed by atoms with van der Waals surface area (Å²) in [5.41, 5.74) is 13.7. The molecule has 1 fully saturated rings. The molecule has 0 saturated carbocycles. The van der Waals surface area contributed by atoms with Crippen LogP contribution in [-0.4, -0.2) is 12.3 Å². The molecule has 122 valence electrons. The summed E-state index contributed by atoms with van der Waals surface area (Å²) in [4.78, 5) is 0. The maximum absolute atomic E-state index is 9.59. The van der Waals surface area contributed by atoms with Gasteiger partial charge in [-0.15, -0.1) is 0 Å². The molecule has 0 aromatic heterocycles. The summed E-state index contributed by atoms with van der Waals surface area (Å²) in [6.07, 6.45) is 1.72. The van der Waals surface area contributed by atoms with Crippen LogP contribution < -0.4 is 16.6 Å². The highest BCUT2D eigenvalue weighted by Crippen LogP contribution is 2.44. The summed E-state index contributed by atoms with van der Waals surface area (Å²) in [6.45, 7) is 2.13. The van der Waals surface area contributed by atoms with Crippen molar-refractivity contribution in [3.63, 3.8) is 0 Å². The van der Waals surface area contributed by atoms with E-state index in [9.17, 15) is 5.26 Å². The second-order valence-electron chi connectivity index (χ2n) is 5.84. The SMILES string of the molecule is CCCC1NNC2OC(N)=C(C#N)C(c3ccc(Cl)c(Cl)c3)C12. The Bertz CT molecular complexity index is 685. The highest BCUT2D eigenvalue weighted by atomic mass is 35.5. The minimum absolute atomic E-state index is 0.0501. The van der Waals surface area contributed by atoms with Crippen molar-refractivity contribution in [1.82, 2.24) is 10.9 Å². The van der Waals surface area contributed by atoms with Crippen LogP contribution in [0.1, 0.15) is 31.2 Å². The maximum Gasteiger partial charge on any atom is 0.200 e. The van der Waals surface area contributed by atoms with Crippen molar-refractivity contribution in [2.45, 2.75) is 38.0 Å². The van der Waals surface area contributed by atoms with E-state index in [0.717, 1.165) is 18.4 Å². The fourth-order valence-corrected chi connectivity index (χ4v) is 3.76. The number of benzene rings is 1. The van der Waals surface area contributed by atoms with Crippen molar-refractivity contribution in [2.75, 3.05) is 0 Å². The number of hydrazine groups is 1. The lowest BCUT2D eigenvalue weighted by Gasteiger charge is -2.35. The second-order valence-corrected chi connectivity index (χ2v) is 6.65. The Morgan fingerprint density at radius 1 is 1.30 bits per heavy atom. The highest BCUT2D eigenvalue weighted by Gasteiger charge is 2.48. The lowest BCUT2D eigenvalue weighted by molar-refractivity contribution is 0.0337. The van der Waals surface area contributed by atoms with Gasteiger partial charge < -0.3 is 10.5 Å². The van der Waals surface area contributed by atoms with Crippen LogP contribution in [0, 0.1) is 17.2 Å². The first-order valence-electron chi connectivity index (χ1n) is 7.59. The number of halogens is 2. The van der Waals surface area contributed by atoms with E-state index < -0.39 is 0 Å². The molecule has 5 nitrogen and oxygen atoms in total. The predicted molar refractivity (Wildman–Crippen MR) is 89.4 cm³/mol. The molecule has 23 heavy (non-hydrogen) atoms. The normalized spacial score (nSPS) is 29.8. The van der Waals surface area contributed by atoms with Crippen LogP contribution in [0.2, 0.25) is 10.0 Å². The zero-order chi connectivity index (χ0) is 16.6. The second kappa shape index (κ2) is 6.58.